The second-order valence-electron chi connectivity index (χ2n) is 5.09. The molecule has 0 aliphatic rings. The number of anilines is 1. The van der Waals surface area contributed by atoms with Gasteiger partial charge in [0.15, 0.2) is 0 Å². The molecule has 1 aromatic carbocycles. The van der Waals surface area contributed by atoms with Crippen LogP contribution >= 0.6 is 0 Å². The molecule has 0 aliphatic heterocycles. The van der Waals surface area contributed by atoms with Crippen molar-refractivity contribution >= 4 is 5.69 Å². The summed E-state index contributed by atoms with van der Waals surface area (Å²) in [5, 5.41) is 12.3. The summed E-state index contributed by atoms with van der Waals surface area (Å²) in [7, 11) is 0. The molecule has 0 aliphatic carbocycles. The van der Waals surface area contributed by atoms with Crippen molar-refractivity contribution in [3.05, 3.63) is 29.8 Å². The summed E-state index contributed by atoms with van der Waals surface area (Å²) in [6.45, 7) is 8.91. The fraction of sp³-hybridized carbons (Fsp3) is 0.500. The molecular weight excluding hydrogens is 196 g/mol. The average Bonchev–Trinajstić information content (AvgIpc) is 2.27. The van der Waals surface area contributed by atoms with Crippen molar-refractivity contribution in [3.8, 4) is 6.07 Å². The molecule has 0 radical (unpaired) electrons. The van der Waals surface area contributed by atoms with E-state index in [1.165, 1.54) is 5.56 Å². The summed E-state index contributed by atoms with van der Waals surface area (Å²) in [6, 6.07) is 10.6. The zero-order valence-electron chi connectivity index (χ0n) is 10.5. The third-order valence-corrected chi connectivity index (χ3v) is 2.61. The molecule has 0 unspecified atom stereocenters. The largest absolute Gasteiger partial charge is 0.383 e. The van der Waals surface area contributed by atoms with Crippen molar-refractivity contribution in [1.29, 1.82) is 5.26 Å². The molecule has 0 spiro atoms. The van der Waals surface area contributed by atoms with Crippen molar-refractivity contribution in [2.45, 2.75) is 33.6 Å². The highest BCUT2D eigenvalue weighted by atomic mass is 14.9. The molecular formula is C14H20N2. The summed E-state index contributed by atoms with van der Waals surface area (Å²) >= 11 is 0. The number of rotatable bonds is 4. The van der Waals surface area contributed by atoms with Crippen LogP contribution in [0.25, 0.3) is 0 Å². The number of para-hydroxylation sites is 1. The molecule has 0 heterocycles. The fourth-order valence-electron chi connectivity index (χ4n) is 1.52. The molecule has 0 fully saturated rings. The Balaban J connectivity index is 2.79. The van der Waals surface area contributed by atoms with E-state index >= 15 is 0 Å². The van der Waals surface area contributed by atoms with Crippen LogP contribution in [0.15, 0.2) is 24.3 Å². The molecule has 0 atom stereocenters. The smallest absolute Gasteiger partial charge is 0.0702 e. The Bertz CT molecular complexity index is 386. The maximum atomic E-state index is 8.96. The molecule has 1 aromatic rings. The molecule has 1 N–H and O–H groups in total. The lowest BCUT2D eigenvalue weighted by molar-refractivity contribution is 0.528. The fourth-order valence-corrected chi connectivity index (χ4v) is 1.52. The van der Waals surface area contributed by atoms with Gasteiger partial charge in [-0.05, 0) is 31.4 Å². The van der Waals surface area contributed by atoms with Gasteiger partial charge in [-0.2, -0.15) is 5.26 Å². The van der Waals surface area contributed by atoms with Gasteiger partial charge < -0.3 is 5.32 Å². The van der Waals surface area contributed by atoms with Gasteiger partial charge in [0.1, 0.15) is 0 Å². The molecule has 1 rings (SSSR count). The van der Waals surface area contributed by atoms with Crippen LogP contribution in [0.2, 0.25) is 0 Å². The predicted molar refractivity (Wildman–Crippen MR) is 68.4 cm³/mol. The molecule has 0 saturated carbocycles. The second kappa shape index (κ2) is 5.03. The van der Waals surface area contributed by atoms with Crippen LogP contribution in [-0.2, 0) is 0 Å². The summed E-state index contributed by atoms with van der Waals surface area (Å²) in [5.74, 6) is 0.494. The monoisotopic (exact) mass is 216 g/mol. The summed E-state index contributed by atoms with van der Waals surface area (Å²) in [5.41, 5.74) is 2.11. The van der Waals surface area contributed by atoms with Gasteiger partial charge in [-0.25, -0.2) is 0 Å². The zero-order valence-corrected chi connectivity index (χ0v) is 10.5. The third kappa shape index (κ3) is 3.27. The Labute approximate surface area is 98.3 Å². The van der Waals surface area contributed by atoms with Gasteiger partial charge in [0, 0.05) is 12.2 Å². The van der Waals surface area contributed by atoms with Crippen LogP contribution in [0, 0.1) is 16.7 Å². The standard InChI is InChI=1S/C14H20N2/c1-11(2)12-7-5-6-8-13(12)16-10-14(3,4)9-15/h5-8,11,16H,10H2,1-4H3. The first-order chi connectivity index (χ1) is 7.46. The molecule has 86 valence electrons. The Morgan fingerprint density at radius 2 is 1.94 bits per heavy atom. The van der Waals surface area contributed by atoms with Crippen LogP contribution in [0.1, 0.15) is 39.2 Å². The second-order valence-corrected chi connectivity index (χ2v) is 5.09. The predicted octanol–water partition coefficient (Wildman–Crippen LogP) is 3.77. The zero-order chi connectivity index (χ0) is 12.2. The maximum Gasteiger partial charge on any atom is 0.0702 e. The Morgan fingerprint density at radius 1 is 1.31 bits per heavy atom. The lowest BCUT2D eigenvalue weighted by Gasteiger charge is -2.20. The minimum absolute atomic E-state index is 0.329. The molecule has 16 heavy (non-hydrogen) atoms. The topological polar surface area (TPSA) is 35.8 Å². The van der Waals surface area contributed by atoms with Crippen molar-refractivity contribution in [2.24, 2.45) is 5.41 Å². The van der Waals surface area contributed by atoms with Gasteiger partial charge >= 0.3 is 0 Å². The van der Waals surface area contributed by atoms with Crippen LogP contribution in [0.3, 0.4) is 0 Å². The third-order valence-electron chi connectivity index (χ3n) is 2.61. The first-order valence-electron chi connectivity index (χ1n) is 5.70. The van der Waals surface area contributed by atoms with Crippen molar-refractivity contribution < 1.29 is 0 Å². The number of nitriles is 1. The van der Waals surface area contributed by atoms with Crippen LogP contribution in [0.5, 0.6) is 0 Å². The van der Waals surface area contributed by atoms with Crippen molar-refractivity contribution in [1.82, 2.24) is 0 Å². The number of hydrogen-bond donors (Lipinski definition) is 1. The summed E-state index contributed by atoms with van der Waals surface area (Å²) in [4.78, 5) is 0. The minimum Gasteiger partial charge on any atom is -0.383 e. The number of nitrogens with one attached hydrogen (secondary N) is 1. The summed E-state index contributed by atoms with van der Waals surface area (Å²) in [6.07, 6.45) is 0. The van der Waals surface area contributed by atoms with E-state index in [4.69, 9.17) is 5.26 Å². The van der Waals surface area contributed by atoms with E-state index in [0.717, 1.165) is 5.69 Å². The van der Waals surface area contributed by atoms with E-state index in [0.29, 0.717) is 12.5 Å². The van der Waals surface area contributed by atoms with Gasteiger partial charge in [0.25, 0.3) is 0 Å². The molecule has 0 bridgehead atoms. The van der Waals surface area contributed by atoms with Gasteiger partial charge in [0.2, 0.25) is 0 Å². The molecule has 0 amide bonds. The van der Waals surface area contributed by atoms with E-state index in [-0.39, 0.29) is 5.41 Å². The SMILES string of the molecule is CC(C)c1ccccc1NCC(C)(C)C#N. The van der Waals surface area contributed by atoms with Gasteiger partial charge in [-0.15, -0.1) is 0 Å². The highest BCUT2D eigenvalue weighted by Crippen LogP contribution is 2.25. The average molecular weight is 216 g/mol. The maximum absolute atomic E-state index is 8.96. The normalized spacial score (nSPS) is 11.2. The Kier molecular flexibility index (Phi) is 3.95. The van der Waals surface area contributed by atoms with Crippen LogP contribution in [0.4, 0.5) is 5.69 Å². The van der Waals surface area contributed by atoms with Crippen LogP contribution < -0.4 is 5.32 Å². The quantitative estimate of drug-likeness (QED) is 0.831. The highest BCUT2D eigenvalue weighted by Gasteiger charge is 2.16. The summed E-state index contributed by atoms with van der Waals surface area (Å²) < 4.78 is 0. The van der Waals surface area contributed by atoms with E-state index in [2.05, 4.69) is 43.4 Å². The lowest BCUT2D eigenvalue weighted by atomic mass is 9.95. The molecule has 0 aromatic heterocycles. The Hall–Kier alpha value is -1.49. The minimum atomic E-state index is -0.329. The van der Waals surface area contributed by atoms with E-state index in [9.17, 15) is 0 Å². The number of benzene rings is 1. The van der Waals surface area contributed by atoms with Crippen LogP contribution in [-0.4, -0.2) is 6.54 Å². The first-order valence-corrected chi connectivity index (χ1v) is 5.70. The first kappa shape index (κ1) is 12.6. The number of nitrogens with zero attached hydrogens (tertiary/aromatic N) is 1. The molecule has 0 saturated heterocycles. The molecule has 2 heteroatoms. The Morgan fingerprint density at radius 3 is 2.50 bits per heavy atom. The van der Waals surface area contributed by atoms with E-state index < -0.39 is 0 Å². The van der Waals surface area contributed by atoms with Crippen molar-refractivity contribution in [2.75, 3.05) is 11.9 Å². The van der Waals surface area contributed by atoms with Gasteiger partial charge in [-0.1, -0.05) is 32.0 Å². The number of hydrogen-bond acceptors (Lipinski definition) is 2. The van der Waals surface area contributed by atoms with Gasteiger partial charge in [-0.3, -0.25) is 0 Å². The molecule has 2 nitrogen and oxygen atoms in total. The highest BCUT2D eigenvalue weighted by molar-refractivity contribution is 5.52. The van der Waals surface area contributed by atoms with Gasteiger partial charge in [0.05, 0.1) is 11.5 Å². The van der Waals surface area contributed by atoms with E-state index in [1.54, 1.807) is 0 Å². The lowest BCUT2D eigenvalue weighted by Crippen LogP contribution is -2.21. The van der Waals surface area contributed by atoms with Crippen molar-refractivity contribution in [3.63, 3.8) is 0 Å². The van der Waals surface area contributed by atoms with E-state index in [1.807, 2.05) is 19.9 Å².